The van der Waals surface area contributed by atoms with E-state index in [0.29, 0.717) is 0 Å². The standard InChI is InChI=1S/C16H23ClO/c1-10-9-11(2)13(4)15(12(10)3)16(17)14-7-5-6-8-18-14/h9,14,16H,5-8H2,1-4H3. The number of rotatable bonds is 2. The van der Waals surface area contributed by atoms with E-state index in [1.54, 1.807) is 0 Å². The molecule has 0 aliphatic carbocycles. The van der Waals surface area contributed by atoms with E-state index in [-0.39, 0.29) is 11.5 Å². The van der Waals surface area contributed by atoms with Crippen LogP contribution < -0.4 is 0 Å². The van der Waals surface area contributed by atoms with Gasteiger partial charge in [0.15, 0.2) is 0 Å². The fraction of sp³-hybridized carbons (Fsp3) is 0.625. The molecule has 100 valence electrons. The highest BCUT2D eigenvalue weighted by Gasteiger charge is 2.27. The predicted octanol–water partition coefficient (Wildman–Crippen LogP) is 4.77. The molecular weight excluding hydrogens is 244 g/mol. The summed E-state index contributed by atoms with van der Waals surface area (Å²) in [7, 11) is 0. The number of aryl methyl sites for hydroxylation is 2. The van der Waals surface area contributed by atoms with E-state index in [2.05, 4.69) is 33.8 Å². The van der Waals surface area contributed by atoms with Crippen LogP contribution in [-0.4, -0.2) is 12.7 Å². The number of halogens is 1. The van der Waals surface area contributed by atoms with E-state index in [1.165, 1.54) is 40.7 Å². The summed E-state index contributed by atoms with van der Waals surface area (Å²) in [5, 5.41) is -0.0103. The Labute approximate surface area is 115 Å². The van der Waals surface area contributed by atoms with Crippen LogP contribution in [0, 0.1) is 27.7 Å². The molecule has 1 aliphatic rings. The van der Waals surface area contributed by atoms with E-state index >= 15 is 0 Å². The highest BCUT2D eigenvalue weighted by atomic mass is 35.5. The summed E-state index contributed by atoms with van der Waals surface area (Å²) in [5.41, 5.74) is 6.60. The molecule has 2 atom stereocenters. The van der Waals surface area contributed by atoms with Crippen LogP contribution in [0.2, 0.25) is 0 Å². The predicted molar refractivity (Wildman–Crippen MR) is 77.6 cm³/mol. The van der Waals surface area contributed by atoms with Crippen molar-refractivity contribution >= 4 is 11.6 Å². The molecule has 2 heteroatoms. The van der Waals surface area contributed by atoms with E-state index in [1.807, 2.05) is 0 Å². The van der Waals surface area contributed by atoms with Gasteiger partial charge in [-0.3, -0.25) is 0 Å². The Balaban J connectivity index is 2.37. The van der Waals surface area contributed by atoms with Gasteiger partial charge in [0, 0.05) is 6.61 Å². The SMILES string of the molecule is Cc1cc(C)c(C)c(C(Cl)C2CCCCO2)c1C. The van der Waals surface area contributed by atoms with Crippen LogP contribution in [0.4, 0.5) is 0 Å². The number of hydrogen-bond acceptors (Lipinski definition) is 1. The summed E-state index contributed by atoms with van der Waals surface area (Å²) >= 11 is 6.71. The maximum Gasteiger partial charge on any atom is 0.0852 e. The van der Waals surface area contributed by atoms with Gasteiger partial charge in [0.2, 0.25) is 0 Å². The lowest BCUT2D eigenvalue weighted by Gasteiger charge is -2.29. The maximum absolute atomic E-state index is 6.71. The smallest absolute Gasteiger partial charge is 0.0852 e. The average Bonchev–Trinajstić information content (AvgIpc) is 2.37. The minimum absolute atomic E-state index is 0.0103. The molecule has 1 fully saturated rings. The summed E-state index contributed by atoms with van der Waals surface area (Å²) < 4.78 is 5.85. The van der Waals surface area contributed by atoms with Crippen LogP contribution in [0.1, 0.15) is 52.5 Å². The van der Waals surface area contributed by atoms with Gasteiger partial charge in [-0.15, -0.1) is 11.6 Å². The van der Waals surface area contributed by atoms with Gasteiger partial charge >= 0.3 is 0 Å². The minimum Gasteiger partial charge on any atom is -0.376 e. The largest absolute Gasteiger partial charge is 0.376 e. The van der Waals surface area contributed by atoms with E-state index in [4.69, 9.17) is 16.3 Å². The van der Waals surface area contributed by atoms with Crippen molar-refractivity contribution in [2.45, 2.75) is 58.4 Å². The van der Waals surface area contributed by atoms with Crippen LogP contribution in [0.3, 0.4) is 0 Å². The Morgan fingerprint density at radius 1 is 1.11 bits per heavy atom. The molecule has 1 aliphatic heterocycles. The fourth-order valence-electron chi connectivity index (χ4n) is 2.84. The Bertz CT molecular complexity index is 407. The Morgan fingerprint density at radius 2 is 1.72 bits per heavy atom. The normalized spacial score (nSPS) is 21.9. The Morgan fingerprint density at radius 3 is 2.22 bits per heavy atom. The van der Waals surface area contributed by atoms with Crippen molar-refractivity contribution in [3.63, 3.8) is 0 Å². The van der Waals surface area contributed by atoms with E-state index < -0.39 is 0 Å². The molecule has 1 aromatic carbocycles. The van der Waals surface area contributed by atoms with Crippen molar-refractivity contribution in [2.75, 3.05) is 6.61 Å². The zero-order valence-corrected chi connectivity index (χ0v) is 12.6. The summed E-state index contributed by atoms with van der Waals surface area (Å²) in [4.78, 5) is 0. The van der Waals surface area contributed by atoms with Gasteiger partial charge < -0.3 is 4.74 Å². The highest BCUT2D eigenvalue weighted by molar-refractivity contribution is 6.21. The van der Waals surface area contributed by atoms with Crippen LogP contribution in [-0.2, 0) is 4.74 Å². The van der Waals surface area contributed by atoms with Gasteiger partial charge in [0.05, 0.1) is 11.5 Å². The molecule has 18 heavy (non-hydrogen) atoms. The van der Waals surface area contributed by atoms with E-state index in [0.717, 1.165) is 13.0 Å². The minimum atomic E-state index is -0.0103. The first kappa shape index (κ1) is 13.9. The van der Waals surface area contributed by atoms with Crippen molar-refractivity contribution in [3.05, 3.63) is 33.9 Å². The van der Waals surface area contributed by atoms with Gasteiger partial charge in [-0.05, 0) is 74.8 Å². The van der Waals surface area contributed by atoms with E-state index in [9.17, 15) is 0 Å². The zero-order chi connectivity index (χ0) is 13.3. The van der Waals surface area contributed by atoms with Crippen LogP contribution in [0.5, 0.6) is 0 Å². The third-order valence-corrected chi connectivity index (χ3v) is 4.74. The summed E-state index contributed by atoms with van der Waals surface area (Å²) in [6.07, 6.45) is 3.67. The third kappa shape index (κ3) is 2.57. The zero-order valence-electron chi connectivity index (χ0n) is 11.8. The lowest BCUT2D eigenvalue weighted by molar-refractivity contribution is 0.0134. The van der Waals surface area contributed by atoms with Crippen LogP contribution in [0.25, 0.3) is 0 Å². The van der Waals surface area contributed by atoms with Crippen molar-refractivity contribution in [2.24, 2.45) is 0 Å². The fourth-order valence-corrected chi connectivity index (χ4v) is 3.37. The maximum atomic E-state index is 6.71. The molecule has 2 rings (SSSR count). The molecule has 0 N–H and O–H groups in total. The summed E-state index contributed by atoms with van der Waals surface area (Å²) in [6.45, 7) is 9.54. The topological polar surface area (TPSA) is 9.23 Å². The Kier molecular flexibility index (Phi) is 4.34. The van der Waals surface area contributed by atoms with Crippen molar-refractivity contribution in [1.82, 2.24) is 0 Å². The molecule has 0 radical (unpaired) electrons. The molecule has 1 nitrogen and oxygen atoms in total. The molecule has 1 heterocycles. The molecular formula is C16H23ClO. The molecule has 1 saturated heterocycles. The molecule has 0 amide bonds. The summed E-state index contributed by atoms with van der Waals surface area (Å²) in [6, 6.07) is 2.25. The monoisotopic (exact) mass is 266 g/mol. The average molecular weight is 267 g/mol. The molecule has 0 bridgehead atoms. The van der Waals surface area contributed by atoms with Gasteiger partial charge in [0.1, 0.15) is 0 Å². The first-order valence-electron chi connectivity index (χ1n) is 6.85. The number of ether oxygens (including phenoxy) is 1. The van der Waals surface area contributed by atoms with Gasteiger partial charge in [0.25, 0.3) is 0 Å². The van der Waals surface area contributed by atoms with Crippen molar-refractivity contribution < 1.29 is 4.74 Å². The molecule has 0 saturated carbocycles. The van der Waals surface area contributed by atoms with Crippen molar-refractivity contribution in [1.29, 1.82) is 0 Å². The first-order chi connectivity index (χ1) is 8.52. The number of benzene rings is 1. The molecule has 2 unspecified atom stereocenters. The van der Waals surface area contributed by atoms with Crippen LogP contribution >= 0.6 is 11.6 Å². The quantitative estimate of drug-likeness (QED) is 0.701. The highest BCUT2D eigenvalue weighted by Crippen LogP contribution is 2.37. The summed E-state index contributed by atoms with van der Waals surface area (Å²) in [5.74, 6) is 0. The van der Waals surface area contributed by atoms with Crippen LogP contribution in [0.15, 0.2) is 6.07 Å². The lowest BCUT2D eigenvalue weighted by atomic mass is 9.89. The van der Waals surface area contributed by atoms with Crippen molar-refractivity contribution in [3.8, 4) is 0 Å². The second-order valence-electron chi connectivity index (χ2n) is 5.48. The third-order valence-electron chi connectivity index (χ3n) is 4.24. The molecule has 0 aromatic heterocycles. The van der Waals surface area contributed by atoms with Gasteiger partial charge in [-0.25, -0.2) is 0 Å². The van der Waals surface area contributed by atoms with Gasteiger partial charge in [-0.2, -0.15) is 0 Å². The second kappa shape index (κ2) is 5.63. The lowest BCUT2D eigenvalue weighted by Crippen LogP contribution is -2.25. The molecule has 0 spiro atoms. The number of alkyl halides is 1. The second-order valence-corrected chi connectivity index (χ2v) is 5.95. The van der Waals surface area contributed by atoms with Gasteiger partial charge in [-0.1, -0.05) is 6.07 Å². The first-order valence-corrected chi connectivity index (χ1v) is 7.29. The number of hydrogen-bond donors (Lipinski definition) is 0. The Hall–Kier alpha value is -0.530. The molecule has 1 aromatic rings.